The largest absolute Gasteiger partial charge is 0.441 e. The Bertz CT molecular complexity index is 649. The maximum atomic E-state index is 12.9. The van der Waals surface area contributed by atoms with Crippen molar-refractivity contribution in [1.82, 2.24) is 9.44 Å². The molecule has 0 aromatic heterocycles. The first-order valence-corrected chi connectivity index (χ1v) is 9.93. The molecular formula is C17H27N3O4S. The second-order valence-corrected chi connectivity index (χ2v) is 8.02. The Kier molecular flexibility index (Phi) is 8.30. The van der Waals surface area contributed by atoms with E-state index in [0.29, 0.717) is 6.42 Å². The van der Waals surface area contributed by atoms with E-state index in [2.05, 4.69) is 9.44 Å². The normalized spacial score (nSPS) is 14.6. The van der Waals surface area contributed by atoms with Gasteiger partial charge in [0.15, 0.2) is 0 Å². The summed E-state index contributed by atoms with van der Waals surface area (Å²) in [7, 11) is -3.56. The van der Waals surface area contributed by atoms with Gasteiger partial charge in [0.05, 0.1) is 0 Å². The van der Waals surface area contributed by atoms with E-state index in [-0.39, 0.29) is 5.75 Å². The van der Waals surface area contributed by atoms with Gasteiger partial charge in [0.25, 0.3) is 0 Å². The summed E-state index contributed by atoms with van der Waals surface area (Å²) in [5, 5.41) is 0. The van der Waals surface area contributed by atoms with E-state index in [1.807, 2.05) is 49.4 Å². The molecule has 0 saturated heterocycles. The van der Waals surface area contributed by atoms with Crippen LogP contribution >= 0.6 is 0 Å². The van der Waals surface area contributed by atoms with Gasteiger partial charge in [-0.3, -0.25) is 9.52 Å². The van der Waals surface area contributed by atoms with Crippen molar-refractivity contribution in [3.8, 4) is 0 Å². The zero-order valence-electron chi connectivity index (χ0n) is 14.8. The highest BCUT2D eigenvalue weighted by molar-refractivity contribution is 8.00. The van der Waals surface area contributed by atoms with Crippen molar-refractivity contribution < 1.29 is 18.5 Å². The lowest BCUT2D eigenvalue weighted by molar-refractivity contribution is -0.117. The second kappa shape index (κ2) is 9.95. The number of rotatable bonds is 8. The van der Waals surface area contributed by atoms with Crippen LogP contribution in [0.4, 0.5) is 4.79 Å². The van der Waals surface area contributed by atoms with Crippen molar-refractivity contribution in [2.24, 2.45) is 5.73 Å². The van der Waals surface area contributed by atoms with Crippen LogP contribution in [0.5, 0.6) is 0 Å². The molecule has 0 unspecified atom stereocenters. The number of ether oxygens (including phenoxy) is 1. The van der Waals surface area contributed by atoms with Crippen molar-refractivity contribution in [2.45, 2.75) is 39.3 Å². The van der Waals surface area contributed by atoms with E-state index in [4.69, 9.17) is 10.5 Å². The first kappa shape index (κ1) is 20.9. The average Bonchev–Trinajstić information content (AvgIpc) is 2.52. The molecule has 8 heteroatoms. The summed E-state index contributed by atoms with van der Waals surface area (Å²) < 4.78 is 22.7. The third-order valence-electron chi connectivity index (χ3n) is 3.33. The minimum Gasteiger partial charge on any atom is -0.441 e. The summed E-state index contributed by atoms with van der Waals surface area (Å²) in [6.07, 6.45) is 2.75. The molecule has 25 heavy (non-hydrogen) atoms. The number of hydrogen-bond donors (Lipinski definition) is 4. The predicted octanol–water partition coefficient (Wildman–Crippen LogP) is 1.75. The Morgan fingerprint density at radius 3 is 2.48 bits per heavy atom. The standard InChI is InChI=1S/C17H27N3O4S/c1-4-5-11-16(18)12-25(23,19-14(3)21)20-17(22)24-13(2)15-9-7-6-8-10-15/h4-10,13,16,25H,11-12,18H2,1-3H3,(H2,19,20,21,22,23)/b5-4-/t13-,16-/m0/s1. The SMILES string of the molecule is C/C=C\C[C@H](N)C[SH](=O)(NC(C)=O)NC(=O)O[C@@H](C)c1ccccc1. The van der Waals surface area contributed by atoms with Gasteiger partial charge in [-0.2, -0.15) is 0 Å². The first-order valence-electron chi connectivity index (χ1n) is 8.04. The maximum absolute atomic E-state index is 12.9. The molecule has 0 aliphatic heterocycles. The van der Waals surface area contributed by atoms with Crippen LogP contribution in [0.3, 0.4) is 0 Å². The Hall–Kier alpha value is -2.19. The quantitative estimate of drug-likeness (QED) is 0.412. The summed E-state index contributed by atoms with van der Waals surface area (Å²) in [6.45, 7) is 4.78. The van der Waals surface area contributed by atoms with Crippen LogP contribution in [-0.2, 0) is 19.8 Å². The summed E-state index contributed by atoms with van der Waals surface area (Å²) in [5.74, 6) is -0.580. The van der Waals surface area contributed by atoms with Gasteiger partial charge in [-0.05, 0) is 25.8 Å². The molecule has 4 N–H and O–H groups in total. The van der Waals surface area contributed by atoms with Crippen molar-refractivity contribution in [2.75, 3.05) is 5.75 Å². The number of nitrogens with two attached hydrogens (primary N) is 1. The van der Waals surface area contributed by atoms with Gasteiger partial charge in [0.2, 0.25) is 5.91 Å². The molecule has 0 aliphatic carbocycles. The van der Waals surface area contributed by atoms with Crippen LogP contribution in [0.25, 0.3) is 0 Å². The monoisotopic (exact) mass is 369 g/mol. The zero-order valence-corrected chi connectivity index (χ0v) is 15.7. The number of amides is 2. The molecule has 1 aromatic carbocycles. The molecule has 7 nitrogen and oxygen atoms in total. The summed E-state index contributed by atoms with van der Waals surface area (Å²) in [5.41, 5.74) is 6.73. The van der Waals surface area contributed by atoms with E-state index >= 15 is 0 Å². The predicted molar refractivity (Wildman–Crippen MR) is 100 cm³/mol. The van der Waals surface area contributed by atoms with Gasteiger partial charge in [-0.25, -0.2) is 13.7 Å². The molecule has 140 valence electrons. The minimum atomic E-state index is -3.56. The van der Waals surface area contributed by atoms with Gasteiger partial charge < -0.3 is 10.5 Å². The number of benzene rings is 1. The van der Waals surface area contributed by atoms with Gasteiger partial charge in [-0.1, -0.05) is 42.5 Å². The molecule has 0 bridgehead atoms. The van der Waals surface area contributed by atoms with E-state index in [9.17, 15) is 13.8 Å². The Balaban J connectivity index is 2.74. The zero-order chi connectivity index (χ0) is 18.9. The molecular weight excluding hydrogens is 342 g/mol. The topological polar surface area (TPSA) is 111 Å². The molecule has 0 saturated carbocycles. The molecule has 0 spiro atoms. The lowest BCUT2D eigenvalue weighted by atomic mass is 10.1. The fraction of sp³-hybridized carbons (Fsp3) is 0.412. The number of nitrogens with one attached hydrogen (secondary N) is 2. The molecule has 0 heterocycles. The van der Waals surface area contributed by atoms with Crippen molar-refractivity contribution in [3.63, 3.8) is 0 Å². The second-order valence-electron chi connectivity index (χ2n) is 5.73. The average molecular weight is 369 g/mol. The molecule has 1 aromatic rings. The van der Waals surface area contributed by atoms with Crippen molar-refractivity contribution >= 4 is 22.3 Å². The number of thiol groups is 1. The van der Waals surface area contributed by atoms with E-state index in [1.165, 1.54) is 6.92 Å². The van der Waals surface area contributed by atoms with E-state index in [0.717, 1.165) is 5.56 Å². The van der Waals surface area contributed by atoms with Crippen LogP contribution in [0.2, 0.25) is 0 Å². The summed E-state index contributed by atoms with van der Waals surface area (Å²) in [4.78, 5) is 23.5. The highest BCUT2D eigenvalue weighted by Gasteiger charge is 2.23. The van der Waals surface area contributed by atoms with Gasteiger partial charge in [0.1, 0.15) is 6.10 Å². The van der Waals surface area contributed by atoms with E-state index in [1.54, 1.807) is 6.92 Å². The number of carbonyl (C=O) groups is 2. The van der Waals surface area contributed by atoms with E-state index < -0.39 is 34.5 Å². The maximum Gasteiger partial charge on any atom is 0.419 e. The fourth-order valence-electron chi connectivity index (χ4n) is 2.22. The van der Waals surface area contributed by atoms with Gasteiger partial charge >= 0.3 is 6.09 Å². The highest BCUT2D eigenvalue weighted by Crippen LogP contribution is 2.16. The summed E-state index contributed by atoms with van der Waals surface area (Å²) >= 11 is 0. The molecule has 0 radical (unpaired) electrons. The Morgan fingerprint density at radius 1 is 1.28 bits per heavy atom. The third-order valence-corrected chi connectivity index (χ3v) is 5.53. The molecule has 2 atom stereocenters. The molecule has 0 aliphatic rings. The minimum absolute atomic E-state index is 0.0638. The molecule has 1 rings (SSSR count). The van der Waals surface area contributed by atoms with Gasteiger partial charge in [-0.15, -0.1) is 0 Å². The lowest BCUT2D eigenvalue weighted by Gasteiger charge is -2.28. The van der Waals surface area contributed by atoms with Crippen LogP contribution < -0.4 is 15.2 Å². The highest BCUT2D eigenvalue weighted by atomic mass is 32.3. The summed E-state index contributed by atoms with van der Waals surface area (Å²) in [6, 6.07) is 8.68. The van der Waals surface area contributed by atoms with Crippen LogP contribution in [0.1, 0.15) is 38.9 Å². The Morgan fingerprint density at radius 2 is 1.92 bits per heavy atom. The lowest BCUT2D eigenvalue weighted by Crippen LogP contribution is -2.54. The Labute approximate surface area is 149 Å². The van der Waals surface area contributed by atoms with Crippen LogP contribution in [-0.4, -0.2) is 28.0 Å². The van der Waals surface area contributed by atoms with Crippen molar-refractivity contribution in [3.05, 3.63) is 48.0 Å². The fourth-order valence-corrected chi connectivity index (χ4v) is 4.12. The molecule has 0 fully saturated rings. The third kappa shape index (κ3) is 7.95. The van der Waals surface area contributed by atoms with Crippen LogP contribution in [0.15, 0.2) is 42.5 Å². The van der Waals surface area contributed by atoms with Crippen LogP contribution in [0, 0.1) is 0 Å². The smallest absolute Gasteiger partial charge is 0.419 e. The number of allylic oxidation sites excluding steroid dienone is 1. The first-order chi connectivity index (χ1) is 11.8. The molecule has 2 amide bonds. The van der Waals surface area contributed by atoms with Gasteiger partial charge in [0, 0.05) is 29.0 Å². The number of hydrogen-bond acceptors (Lipinski definition) is 5. The number of carbonyl (C=O) groups excluding carboxylic acids is 2. The van der Waals surface area contributed by atoms with Crippen molar-refractivity contribution in [1.29, 1.82) is 0 Å².